The van der Waals surface area contributed by atoms with Crippen LogP contribution >= 0.6 is 0 Å². The van der Waals surface area contributed by atoms with Crippen molar-refractivity contribution in [2.75, 3.05) is 30.3 Å². The second kappa shape index (κ2) is 12.7. The van der Waals surface area contributed by atoms with Gasteiger partial charge < -0.3 is 27.0 Å². The van der Waals surface area contributed by atoms with Gasteiger partial charge in [-0.05, 0) is 51.0 Å². The Balaban J connectivity index is 1.65. The van der Waals surface area contributed by atoms with Crippen LogP contribution in [0.3, 0.4) is 0 Å². The quantitative estimate of drug-likeness (QED) is 0.481. The van der Waals surface area contributed by atoms with E-state index in [0.717, 1.165) is 37.7 Å². The number of carbonyl (C=O) groups is 2. The molecule has 2 aromatic rings. The molecule has 1 atom stereocenters. The Kier molecular flexibility index (Phi) is 9.44. The van der Waals surface area contributed by atoms with Crippen LogP contribution in [0.5, 0.6) is 0 Å². The first kappa shape index (κ1) is 24.4. The number of hydrogen-bond acceptors (Lipinski definition) is 7. The van der Waals surface area contributed by atoms with Gasteiger partial charge in [0.2, 0.25) is 11.9 Å². The average Bonchev–Trinajstić information content (AvgIpc) is 2.82. The zero-order valence-electron chi connectivity index (χ0n) is 19.3. The van der Waals surface area contributed by atoms with E-state index >= 15 is 0 Å². The lowest BCUT2D eigenvalue weighted by molar-refractivity contribution is -0.122. The summed E-state index contributed by atoms with van der Waals surface area (Å²) in [5.74, 6) is 0.678. The Hall–Kier alpha value is -3.20. The molecule has 1 aliphatic heterocycles. The van der Waals surface area contributed by atoms with E-state index in [0.29, 0.717) is 49.9 Å². The zero-order chi connectivity index (χ0) is 23.5. The van der Waals surface area contributed by atoms with Crippen molar-refractivity contribution in [1.29, 1.82) is 0 Å². The van der Waals surface area contributed by atoms with Crippen molar-refractivity contribution >= 4 is 23.6 Å². The van der Waals surface area contributed by atoms with Crippen molar-refractivity contribution in [1.82, 2.24) is 20.6 Å². The van der Waals surface area contributed by atoms with Crippen LogP contribution in [0.25, 0.3) is 0 Å². The number of aromatic nitrogens is 2. The lowest BCUT2D eigenvalue weighted by Gasteiger charge is -2.14. The SMILES string of the molecule is Cc1ccc(CNC(=O)c2cnc3nc2NCCCC[C@H](N)C(=O)NCCCCCN3)cc1. The van der Waals surface area contributed by atoms with Crippen molar-refractivity contribution in [2.24, 2.45) is 5.73 Å². The highest BCUT2D eigenvalue weighted by molar-refractivity contribution is 5.98. The first-order valence-corrected chi connectivity index (χ1v) is 11.7. The Morgan fingerprint density at radius 1 is 1.03 bits per heavy atom. The number of benzene rings is 1. The number of rotatable bonds is 3. The highest BCUT2D eigenvalue weighted by atomic mass is 16.2. The minimum Gasteiger partial charge on any atom is -0.369 e. The molecule has 3 rings (SSSR count). The van der Waals surface area contributed by atoms with Gasteiger partial charge >= 0.3 is 0 Å². The molecule has 1 aliphatic rings. The third kappa shape index (κ3) is 8.02. The van der Waals surface area contributed by atoms with Gasteiger partial charge in [0.05, 0.1) is 6.04 Å². The van der Waals surface area contributed by atoms with E-state index in [4.69, 9.17) is 5.73 Å². The summed E-state index contributed by atoms with van der Waals surface area (Å²) in [4.78, 5) is 33.8. The summed E-state index contributed by atoms with van der Waals surface area (Å²) in [5.41, 5.74) is 8.61. The lowest BCUT2D eigenvalue weighted by atomic mass is 10.1. The summed E-state index contributed by atoms with van der Waals surface area (Å²) in [5, 5.41) is 12.3. The third-order valence-electron chi connectivity index (χ3n) is 5.61. The summed E-state index contributed by atoms with van der Waals surface area (Å²) in [6.45, 7) is 4.43. The predicted octanol–water partition coefficient (Wildman–Crippen LogP) is 2.34. The molecule has 2 bridgehead atoms. The van der Waals surface area contributed by atoms with Crippen LogP contribution in [-0.4, -0.2) is 47.5 Å². The number of anilines is 2. The number of amides is 2. The second-order valence-corrected chi connectivity index (χ2v) is 8.43. The molecule has 9 heteroatoms. The van der Waals surface area contributed by atoms with Gasteiger partial charge in [-0.25, -0.2) is 4.98 Å². The van der Waals surface area contributed by atoms with Gasteiger partial charge in [0.25, 0.3) is 5.91 Å². The van der Waals surface area contributed by atoms with Crippen LogP contribution in [0.1, 0.15) is 60.0 Å². The van der Waals surface area contributed by atoms with E-state index in [-0.39, 0.29) is 11.8 Å². The largest absolute Gasteiger partial charge is 0.369 e. The van der Waals surface area contributed by atoms with Crippen molar-refractivity contribution in [3.63, 3.8) is 0 Å². The van der Waals surface area contributed by atoms with Gasteiger partial charge in [0, 0.05) is 32.4 Å². The van der Waals surface area contributed by atoms with E-state index in [1.165, 1.54) is 5.56 Å². The molecule has 178 valence electrons. The molecule has 1 aromatic carbocycles. The third-order valence-corrected chi connectivity index (χ3v) is 5.61. The molecule has 2 heterocycles. The monoisotopic (exact) mass is 453 g/mol. The number of fused-ring (bicyclic) bond motifs is 2. The van der Waals surface area contributed by atoms with Gasteiger partial charge in [-0.3, -0.25) is 9.59 Å². The van der Waals surface area contributed by atoms with E-state index in [1.807, 2.05) is 31.2 Å². The molecule has 0 radical (unpaired) electrons. The molecular formula is C24H35N7O2. The molecular weight excluding hydrogens is 418 g/mol. The minimum absolute atomic E-state index is 0.0875. The zero-order valence-corrected chi connectivity index (χ0v) is 19.3. The number of hydrogen-bond donors (Lipinski definition) is 5. The minimum atomic E-state index is -0.490. The molecule has 9 nitrogen and oxygen atoms in total. The van der Waals surface area contributed by atoms with Gasteiger partial charge in [-0.2, -0.15) is 4.98 Å². The molecule has 1 aromatic heterocycles. The summed E-state index contributed by atoms with van der Waals surface area (Å²) < 4.78 is 0. The Bertz CT molecular complexity index is 918. The van der Waals surface area contributed by atoms with Crippen LogP contribution in [0.4, 0.5) is 11.8 Å². The maximum atomic E-state index is 12.9. The molecule has 2 amide bonds. The molecule has 0 spiro atoms. The first-order valence-electron chi connectivity index (χ1n) is 11.7. The van der Waals surface area contributed by atoms with Crippen LogP contribution in [0, 0.1) is 6.92 Å². The molecule has 33 heavy (non-hydrogen) atoms. The van der Waals surface area contributed by atoms with Crippen molar-refractivity contribution in [2.45, 2.75) is 58.0 Å². The first-order chi connectivity index (χ1) is 16.0. The number of aryl methyl sites for hydroxylation is 1. The fourth-order valence-electron chi connectivity index (χ4n) is 3.55. The van der Waals surface area contributed by atoms with Crippen molar-refractivity contribution in [3.05, 3.63) is 47.2 Å². The maximum absolute atomic E-state index is 12.9. The summed E-state index contributed by atoms with van der Waals surface area (Å²) in [6.07, 6.45) is 6.57. The van der Waals surface area contributed by atoms with Gasteiger partial charge in [0.1, 0.15) is 11.4 Å². The normalized spacial score (nSPS) is 18.2. The van der Waals surface area contributed by atoms with Gasteiger partial charge in [-0.1, -0.05) is 29.8 Å². The topological polar surface area (TPSA) is 134 Å². The van der Waals surface area contributed by atoms with Gasteiger partial charge in [0.15, 0.2) is 0 Å². The Morgan fingerprint density at radius 3 is 2.52 bits per heavy atom. The summed E-state index contributed by atoms with van der Waals surface area (Å²) in [6, 6.07) is 7.56. The number of nitrogens with one attached hydrogen (secondary N) is 4. The molecule has 6 N–H and O–H groups in total. The smallest absolute Gasteiger partial charge is 0.256 e. The summed E-state index contributed by atoms with van der Waals surface area (Å²) in [7, 11) is 0. The van der Waals surface area contributed by atoms with E-state index in [2.05, 4.69) is 31.2 Å². The fraction of sp³-hybridized carbons (Fsp3) is 0.500. The maximum Gasteiger partial charge on any atom is 0.256 e. The molecule has 0 fully saturated rings. The van der Waals surface area contributed by atoms with Crippen LogP contribution < -0.4 is 27.0 Å². The lowest BCUT2D eigenvalue weighted by Crippen LogP contribution is -2.40. The molecule has 0 unspecified atom stereocenters. The molecule has 0 aliphatic carbocycles. The highest BCUT2D eigenvalue weighted by Crippen LogP contribution is 2.15. The Labute approximate surface area is 195 Å². The standard InChI is InChI=1S/C24H35N7O2/c1-17-8-10-18(11-9-17)15-29-22(32)19-16-30-24-28-14-5-2-4-13-27-23(33)20(25)7-3-6-12-26-21(19)31-24/h8-11,16,20H,2-7,12-15,25H2,1H3,(H,27,33)(H,29,32)(H2,26,28,30,31)/t20-/m0/s1. The number of nitrogens with zero attached hydrogens (tertiary/aromatic N) is 2. The second-order valence-electron chi connectivity index (χ2n) is 8.43. The van der Waals surface area contributed by atoms with Crippen molar-refractivity contribution in [3.8, 4) is 0 Å². The predicted molar refractivity (Wildman–Crippen MR) is 130 cm³/mol. The highest BCUT2D eigenvalue weighted by Gasteiger charge is 2.16. The summed E-state index contributed by atoms with van der Waals surface area (Å²) >= 11 is 0. The van der Waals surface area contributed by atoms with Crippen LogP contribution in [0.15, 0.2) is 30.5 Å². The van der Waals surface area contributed by atoms with E-state index in [9.17, 15) is 9.59 Å². The fourth-order valence-corrected chi connectivity index (χ4v) is 3.55. The van der Waals surface area contributed by atoms with E-state index in [1.54, 1.807) is 6.20 Å². The molecule has 0 saturated heterocycles. The number of nitrogens with two attached hydrogens (primary N) is 1. The van der Waals surface area contributed by atoms with Crippen molar-refractivity contribution < 1.29 is 9.59 Å². The Morgan fingerprint density at radius 2 is 1.73 bits per heavy atom. The van der Waals surface area contributed by atoms with Crippen LogP contribution in [0.2, 0.25) is 0 Å². The van der Waals surface area contributed by atoms with Crippen LogP contribution in [-0.2, 0) is 11.3 Å². The molecule has 0 saturated carbocycles. The average molecular weight is 454 g/mol. The van der Waals surface area contributed by atoms with E-state index < -0.39 is 6.04 Å². The number of carbonyl (C=O) groups excluding carboxylic acids is 2. The van der Waals surface area contributed by atoms with Gasteiger partial charge in [-0.15, -0.1) is 0 Å².